The first-order valence-corrected chi connectivity index (χ1v) is 9.60. The van der Waals surface area contributed by atoms with Crippen LogP contribution in [0.2, 0.25) is 0 Å². The van der Waals surface area contributed by atoms with Crippen molar-refractivity contribution in [3.8, 4) is 5.75 Å². The Labute approximate surface area is 161 Å². The second kappa shape index (κ2) is 9.97. The minimum atomic E-state index is -0.0881. The molecule has 0 aromatic heterocycles. The first-order valence-electron chi connectivity index (χ1n) is 9.60. The van der Waals surface area contributed by atoms with Crippen LogP contribution in [0.4, 0.5) is 10.5 Å². The van der Waals surface area contributed by atoms with E-state index in [9.17, 15) is 4.79 Å². The number of benzene rings is 2. The van der Waals surface area contributed by atoms with E-state index in [1.807, 2.05) is 35.2 Å². The van der Waals surface area contributed by atoms with Crippen LogP contribution in [0.15, 0.2) is 54.6 Å². The fraction of sp³-hybridized carbons (Fsp3) is 0.409. The zero-order valence-electron chi connectivity index (χ0n) is 15.9. The Morgan fingerprint density at radius 2 is 1.93 bits per heavy atom. The number of anilines is 1. The lowest BCUT2D eigenvalue weighted by Crippen LogP contribution is -2.40. The minimum Gasteiger partial charge on any atom is -0.491 e. The summed E-state index contributed by atoms with van der Waals surface area (Å²) < 4.78 is 11.2. The fourth-order valence-electron chi connectivity index (χ4n) is 3.45. The van der Waals surface area contributed by atoms with Crippen molar-refractivity contribution in [3.05, 3.63) is 60.2 Å². The summed E-state index contributed by atoms with van der Waals surface area (Å²) in [6.45, 7) is 1.95. The van der Waals surface area contributed by atoms with Gasteiger partial charge >= 0.3 is 6.03 Å². The summed E-state index contributed by atoms with van der Waals surface area (Å²) in [5.41, 5.74) is 2.02. The Kier molecular flexibility index (Phi) is 7.11. The molecular weight excluding hydrogens is 340 g/mol. The molecule has 0 aliphatic carbocycles. The third kappa shape index (κ3) is 5.47. The third-order valence-electron chi connectivity index (χ3n) is 4.84. The van der Waals surface area contributed by atoms with E-state index in [2.05, 4.69) is 29.6 Å². The second-order valence-corrected chi connectivity index (χ2v) is 6.81. The molecule has 0 unspecified atom stereocenters. The van der Waals surface area contributed by atoms with Crippen LogP contribution < -0.4 is 10.1 Å². The number of para-hydroxylation sites is 2. The standard InChI is InChI=1S/C22H28N2O3/c1-26-17-19-12-7-15-24(19)22(25)23-20-13-5-6-14-21(20)27-16-8-11-18-9-3-2-4-10-18/h2-6,9-10,13-14,19H,7-8,11-12,15-17H2,1H3,(H,23,25)/t19-/m0/s1. The van der Waals surface area contributed by atoms with Crippen LogP contribution in [0.25, 0.3) is 0 Å². The molecule has 3 rings (SSSR count). The first kappa shape index (κ1) is 19.2. The molecule has 0 radical (unpaired) electrons. The van der Waals surface area contributed by atoms with Crippen molar-refractivity contribution in [3.63, 3.8) is 0 Å². The van der Waals surface area contributed by atoms with Crippen LogP contribution in [0.5, 0.6) is 5.75 Å². The Morgan fingerprint density at radius 1 is 1.15 bits per heavy atom. The summed E-state index contributed by atoms with van der Waals surface area (Å²) in [4.78, 5) is 14.5. The van der Waals surface area contributed by atoms with E-state index in [4.69, 9.17) is 9.47 Å². The van der Waals surface area contributed by atoms with E-state index in [1.165, 1.54) is 5.56 Å². The Balaban J connectivity index is 1.53. The van der Waals surface area contributed by atoms with Crippen molar-refractivity contribution in [2.24, 2.45) is 0 Å². The van der Waals surface area contributed by atoms with Crippen molar-refractivity contribution >= 4 is 11.7 Å². The van der Waals surface area contributed by atoms with Gasteiger partial charge in [0.05, 0.1) is 24.9 Å². The van der Waals surface area contributed by atoms with Crippen molar-refractivity contribution < 1.29 is 14.3 Å². The number of aryl methyl sites for hydroxylation is 1. The number of hydrogen-bond acceptors (Lipinski definition) is 3. The molecule has 1 N–H and O–H groups in total. The molecule has 1 atom stereocenters. The molecule has 1 heterocycles. The van der Waals surface area contributed by atoms with Crippen LogP contribution in [-0.2, 0) is 11.2 Å². The van der Waals surface area contributed by atoms with E-state index in [0.717, 1.165) is 32.2 Å². The fourth-order valence-corrected chi connectivity index (χ4v) is 3.45. The van der Waals surface area contributed by atoms with E-state index in [0.29, 0.717) is 24.7 Å². The van der Waals surface area contributed by atoms with E-state index in [-0.39, 0.29) is 12.1 Å². The maximum absolute atomic E-state index is 12.7. The molecule has 1 aliphatic heterocycles. The highest BCUT2D eigenvalue weighted by Gasteiger charge is 2.28. The van der Waals surface area contributed by atoms with Gasteiger partial charge in [-0.15, -0.1) is 0 Å². The van der Waals surface area contributed by atoms with Gasteiger partial charge in [0.25, 0.3) is 0 Å². The zero-order chi connectivity index (χ0) is 18.9. The molecule has 5 nitrogen and oxygen atoms in total. The highest BCUT2D eigenvalue weighted by atomic mass is 16.5. The lowest BCUT2D eigenvalue weighted by atomic mass is 10.1. The minimum absolute atomic E-state index is 0.0881. The lowest BCUT2D eigenvalue weighted by molar-refractivity contribution is 0.128. The average molecular weight is 368 g/mol. The molecule has 5 heteroatoms. The van der Waals surface area contributed by atoms with Crippen LogP contribution in [0.1, 0.15) is 24.8 Å². The highest BCUT2D eigenvalue weighted by Crippen LogP contribution is 2.26. The first-order chi connectivity index (χ1) is 13.3. The van der Waals surface area contributed by atoms with Gasteiger partial charge < -0.3 is 19.7 Å². The topological polar surface area (TPSA) is 50.8 Å². The molecule has 1 fully saturated rings. The number of urea groups is 1. The zero-order valence-corrected chi connectivity index (χ0v) is 15.9. The summed E-state index contributed by atoms with van der Waals surface area (Å²) in [6.07, 6.45) is 3.90. The molecular formula is C22H28N2O3. The predicted octanol–water partition coefficient (Wildman–Crippen LogP) is 4.34. The van der Waals surface area contributed by atoms with Gasteiger partial charge in [0.15, 0.2) is 0 Å². The molecule has 2 aromatic rings. The largest absolute Gasteiger partial charge is 0.491 e. The average Bonchev–Trinajstić information content (AvgIpc) is 3.16. The third-order valence-corrected chi connectivity index (χ3v) is 4.84. The summed E-state index contributed by atoms with van der Waals surface area (Å²) >= 11 is 0. The lowest BCUT2D eigenvalue weighted by Gasteiger charge is -2.25. The Bertz CT molecular complexity index is 721. The second-order valence-electron chi connectivity index (χ2n) is 6.81. The van der Waals surface area contributed by atoms with Crippen molar-refractivity contribution in [1.82, 2.24) is 4.90 Å². The van der Waals surface area contributed by atoms with Gasteiger partial charge in [-0.3, -0.25) is 0 Å². The summed E-state index contributed by atoms with van der Waals surface area (Å²) in [5, 5.41) is 3.01. The number of likely N-dealkylation sites (tertiary alicyclic amines) is 1. The van der Waals surface area contributed by atoms with Crippen LogP contribution in [0.3, 0.4) is 0 Å². The van der Waals surface area contributed by atoms with Gasteiger partial charge in [0.2, 0.25) is 0 Å². The summed E-state index contributed by atoms with van der Waals surface area (Å²) in [7, 11) is 1.67. The molecule has 0 spiro atoms. The van der Waals surface area contributed by atoms with E-state index < -0.39 is 0 Å². The Morgan fingerprint density at radius 3 is 2.74 bits per heavy atom. The summed E-state index contributed by atoms with van der Waals surface area (Å²) in [6, 6.07) is 18.0. The van der Waals surface area contributed by atoms with Gasteiger partial charge in [0, 0.05) is 13.7 Å². The quantitative estimate of drug-likeness (QED) is 0.705. The molecule has 0 saturated carbocycles. The molecule has 144 valence electrons. The van der Waals surface area contributed by atoms with Crippen molar-refractivity contribution in [1.29, 1.82) is 0 Å². The van der Waals surface area contributed by atoms with Crippen LogP contribution >= 0.6 is 0 Å². The molecule has 1 saturated heterocycles. The predicted molar refractivity (Wildman–Crippen MR) is 107 cm³/mol. The van der Waals surface area contributed by atoms with E-state index >= 15 is 0 Å². The maximum atomic E-state index is 12.7. The normalized spacial score (nSPS) is 16.3. The molecule has 0 bridgehead atoms. The number of amides is 2. The van der Waals surface area contributed by atoms with Gasteiger partial charge in [-0.25, -0.2) is 4.79 Å². The molecule has 2 amide bonds. The maximum Gasteiger partial charge on any atom is 0.322 e. The van der Waals surface area contributed by atoms with Gasteiger partial charge in [0.1, 0.15) is 5.75 Å². The monoisotopic (exact) mass is 368 g/mol. The number of carbonyl (C=O) groups excluding carboxylic acids is 1. The molecule has 1 aliphatic rings. The van der Waals surface area contributed by atoms with Crippen LogP contribution in [-0.4, -0.2) is 43.8 Å². The smallest absolute Gasteiger partial charge is 0.322 e. The van der Waals surface area contributed by atoms with Crippen molar-refractivity contribution in [2.75, 3.05) is 32.2 Å². The van der Waals surface area contributed by atoms with Crippen molar-refractivity contribution in [2.45, 2.75) is 31.7 Å². The van der Waals surface area contributed by atoms with Gasteiger partial charge in [-0.1, -0.05) is 42.5 Å². The number of nitrogens with one attached hydrogen (secondary N) is 1. The SMILES string of the molecule is COC[C@@H]1CCCN1C(=O)Nc1ccccc1OCCCc1ccccc1. The Hall–Kier alpha value is -2.53. The summed E-state index contributed by atoms with van der Waals surface area (Å²) in [5.74, 6) is 0.710. The number of methoxy groups -OCH3 is 1. The number of carbonyl (C=O) groups is 1. The number of ether oxygens (including phenoxy) is 2. The number of rotatable bonds is 8. The van der Waals surface area contributed by atoms with Gasteiger partial charge in [-0.05, 0) is 43.4 Å². The van der Waals surface area contributed by atoms with E-state index in [1.54, 1.807) is 7.11 Å². The molecule has 2 aromatic carbocycles. The van der Waals surface area contributed by atoms with Crippen LogP contribution in [0, 0.1) is 0 Å². The number of hydrogen-bond donors (Lipinski definition) is 1. The highest BCUT2D eigenvalue weighted by molar-refractivity contribution is 5.91. The number of nitrogens with zero attached hydrogens (tertiary/aromatic N) is 1. The van der Waals surface area contributed by atoms with Gasteiger partial charge in [-0.2, -0.15) is 0 Å². The molecule has 27 heavy (non-hydrogen) atoms.